The molecule has 2 rings (SSSR count). The van der Waals surface area contributed by atoms with Crippen LogP contribution in [-0.2, 0) is 4.79 Å². The quantitative estimate of drug-likeness (QED) is 0.157. The third-order valence-corrected chi connectivity index (χ3v) is 4.75. The SMILES string of the molecule is CCC=CCCOc1cccc2c(OCC=C(C)CCC=C(C)C)c(OC(C)=O)c(=O)oc12. The third-order valence-electron chi connectivity index (χ3n) is 4.75. The van der Waals surface area contributed by atoms with Gasteiger partial charge >= 0.3 is 11.6 Å². The highest BCUT2D eigenvalue weighted by Gasteiger charge is 2.21. The maximum atomic E-state index is 12.6. The van der Waals surface area contributed by atoms with Gasteiger partial charge < -0.3 is 18.6 Å². The summed E-state index contributed by atoms with van der Waals surface area (Å²) in [6.07, 6.45) is 11.8. The van der Waals surface area contributed by atoms with Crippen LogP contribution in [0.5, 0.6) is 17.2 Å². The molecule has 2 aromatic rings. The smallest absolute Gasteiger partial charge is 0.383 e. The number of fused-ring (bicyclic) bond motifs is 1. The second-order valence-corrected chi connectivity index (χ2v) is 7.97. The van der Waals surface area contributed by atoms with Gasteiger partial charge in [0.25, 0.3) is 5.75 Å². The molecule has 0 aliphatic carbocycles. The molecule has 0 aliphatic rings. The fourth-order valence-electron chi connectivity index (χ4n) is 3.12. The first kappa shape index (κ1) is 26.0. The molecule has 6 nitrogen and oxygen atoms in total. The van der Waals surface area contributed by atoms with Crippen molar-refractivity contribution in [3.8, 4) is 17.2 Å². The third kappa shape index (κ3) is 8.29. The molecule has 0 saturated carbocycles. The second kappa shape index (κ2) is 13.3. The number of benzene rings is 1. The molecule has 1 heterocycles. The maximum Gasteiger partial charge on any atom is 0.383 e. The Kier molecular flexibility index (Phi) is 10.5. The van der Waals surface area contributed by atoms with Gasteiger partial charge in [0.05, 0.1) is 12.0 Å². The van der Waals surface area contributed by atoms with Crippen molar-refractivity contribution in [2.24, 2.45) is 0 Å². The van der Waals surface area contributed by atoms with Gasteiger partial charge in [0.2, 0.25) is 0 Å². The molecular weight excluding hydrogens is 420 g/mol. The fourth-order valence-corrected chi connectivity index (χ4v) is 3.12. The Balaban J connectivity index is 2.33. The molecule has 0 atom stereocenters. The molecule has 33 heavy (non-hydrogen) atoms. The zero-order valence-electron chi connectivity index (χ0n) is 20.2. The highest BCUT2D eigenvalue weighted by atomic mass is 16.6. The van der Waals surface area contributed by atoms with Crippen LogP contribution in [0, 0.1) is 0 Å². The van der Waals surface area contributed by atoms with E-state index in [-0.39, 0.29) is 23.7 Å². The highest BCUT2D eigenvalue weighted by Crippen LogP contribution is 2.37. The molecule has 0 aliphatic heterocycles. The number of para-hydroxylation sites is 1. The van der Waals surface area contributed by atoms with E-state index in [2.05, 4.69) is 32.9 Å². The molecule has 1 aromatic carbocycles. The highest BCUT2D eigenvalue weighted by molar-refractivity contribution is 5.90. The zero-order chi connectivity index (χ0) is 24.2. The number of carbonyl (C=O) groups excluding carboxylic acids is 1. The van der Waals surface area contributed by atoms with Gasteiger partial charge in [-0.3, -0.25) is 4.79 Å². The average Bonchev–Trinajstić information content (AvgIpc) is 2.75. The molecule has 0 radical (unpaired) electrons. The molecule has 0 fully saturated rings. The Morgan fingerprint density at radius 3 is 2.48 bits per heavy atom. The topological polar surface area (TPSA) is 75.0 Å². The molecule has 0 amide bonds. The monoisotopic (exact) mass is 454 g/mol. The predicted molar refractivity (Wildman–Crippen MR) is 131 cm³/mol. The lowest BCUT2D eigenvalue weighted by atomic mass is 10.1. The minimum absolute atomic E-state index is 0.168. The number of ether oxygens (including phenoxy) is 3. The molecule has 6 heteroatoms. The van der Waals surface area contributed by atoms with Crippen LogP contribution in [0.2, 0.25) is 0 Å². The Bertz CT molecular complexity index is 1080. The van der Waals surface area contributed by atoms with E-state index >= 15 is 0 Å². The summed E-state index contributed by atoms with van der Waals surface area (Å²) in [5, 5.41) is 0.503. The van der Waals surface area contributed by atoms with Crippen molar-refractivity contribution in [1.82, 2.24) is 0 Å². The van der Waals surface area contributed by atoms with E-state index in [1.54, 1.807) is 18.2 Å². The van der Waals surface area contributed by atoms with Crippen LogP contribution >= 0.6 is 0 Å². The first-order valence-corrected chi connectivity index (χ1v) is 11.3. The molecule has 0 bridgehead atoms. The van der Waals surface area contributed by atoms with Crippen LogP contribution < -0.4 is 19.8 Å². The molecule has 0 unspecified atom stereocenters. The van der Waals surface area contributed by atoms with Gasteiger partial charge in [-0.25, -0.2) is 4.79 Å². The molecule has 178 valence electrons. The summed E-state index contributed by atoms with van der Waals surface area (Å²) in [5.41, 5.74) is 1.92. The number of allylic oxidation sites excluding steroid dienone is 4. The second-order valence-electron chi connectivity index (χ2n) is 7.97. The number of hydrogen-bond acceptors (Lipinski definition) is 6. The van der Waals surface area contributed by atoms with Crippen molar-refractivity contribution < 1.29 is 23.4 Å². The Morgan fingerprint density at radius 2 is 1.79 bits per heavy atom. The summed E-state index contributed by atoms with van der Waals surface area (Å²) >= 11 is 0. The lowest BCUT2D eigenvalue weighted by Gasteiger charge is -2.13. The summed E-state index contributed by atoms with van der Waals surface area (Å²) in [4.78, 5) is 24.2. The van der Waals surface area contributed by atoms with Gasteiger partial charge in [0.15, 0.2) is 17.1 Å². The molecule has 0 saturated heterocycles. The van der Waals surface area contributed by atoms with Crippen molar-refractivity contribution in [2.75, 3.05) is 13.2 Å². The summed E-state index contributed by atoms with van der Waals surface area (Å²) in [7, 11) is 0. The largest absolute Gasteiger partial charge is 0.489 e. The van der Waals surface area contributed by atoms with Crippen LogP contribution in [-0.4, -0.2) is 19.2 Å². The van der Waals surface area contributed by atoms with Crippen molar-refractivity contribution >= 4 is 16.9 Å². The van der Waals surface area contributed by atoms with Gasteiger partial charge in [-0.15, -0.1) is 0 Å². The first-order chi connectivity index (χ1) is 15.8. The van der Waals surface area contributed by atoms with Crippen molar-refractivity contribution in [3.05, 3.63) is 64.1 Å². The van der Waals surface area contributed by atoms with Gasteiger partial charge in [0.1, 0.15) is 6.61 Å². The van der Waals surface area contributed by atoms with Crippen LogP contribution in [0.4, 0.5) is 0 Å². The normalized spacial score (nSPS) is 11.6. The van der Waals surface area contributed by atoms with Crippen LogP contribution in [0.25, 0.3) is 11.0 Å². The summed E-state index contributed by atoms with van der Waals surface area (Å²) in [6.45, 7) is 10.1. The summed E-state index contributed by atoms with van der Waals surface area (Å²) in [5.74, 6) is -0.285. The van der Waals surface area contributed by atoms with E-state index in [0.29, 0.717) is 17.7 Å². The van der Waals surface area contributed by atoms with Crippen LogP contribution in [0.15, 0.2) is 62.9 Å². The van der Waals surface area contributed by atoms with E-state index in [9.17, 15) is 9.59 Å². The van der Waals surface area contributed by atoms with E-state index in [1.165, 1.54) is 12.5 Å². The van der Waals surface area contributed by atoms with Gasteiger partial charge in [-0.05, 0) is 64.7 Å². The minimum Gasteiger partial charge on any atom is -0.489 e. The predicted octanol–water partition coefficient (Wildman–Crippen LogP) is 6.52. The van der Waals surface area contributed by atoms with Crippen LogP contribution in [0.1, 0.15) is 60.3 Å². The number of hydrogen-bond donors (Lipinski definition) is 0. The molecule has 0 spiro atoms. The molecule has 0 N–H and O–H groups in total. The van der Waals surface area contributed by atoms with E-state index in [4.69, 9.17) is 18.6 Å². The van der Waals surface area contributed by atoms with Gasteiger partial charge in [-0.2, -0.15) is 0 Å². The summed E-state index contributed by atoms with van der Waals surface area (Å²) in [6, 6.07) is 5.26. The Morgan fingerprint density at radius 1 is 1.00 bits per heavy atom. The lowest BCUT2D eigenvalue weighted by molar-refractivity contribution is -0.132. The van der Waals surface area contributed by atoms with E-state index in [1.807, 2.05) is 19.1 Å². The number of rotatable bonds is 12. The average molecular weight is 455 g/mol. The standard InChI is InChI=1S/C27H34O6/c1-6-7-8-9-17-30-23-15-11-14-22-24(23)33-27(29)26(32-21(5)28)25(22)31-18-16-20(4)13-10-12-19(2)3/h7-8,11-12,14-16H,6,9-10,13,17-18H2,1-5H3. The van der Waals surface area contributed by atoms with Gasteiger partial charge in [-0.1, -0.05) is 42.4 Å². The van der Waals surface area contributed by atoms with Crippen molar-refractivity contribution in [3.63, 3.8) is 0 Å². The van der Waals surface area contributed by atoms with E-state index in [0.717, 1.165) is 31.3 Å². The van der Waals surface area contributed by atoms with E-state index < -0.39 is 11.6 Å². The minimum atomic E-state index is -0.793. The van der Waals surface area contributed by atoms with Crippen LogP contribution in [0.3, 0.4) is 0 Å². The Labute approximate surface area is 195 Å². The first-order valence-electron chi connectivity index (χ1n) is 11.3. The van der Waals surface area contributed by atoms with Gasteiger partial charge in [0, 0.05) is 6.92 Å². The Hall–Kier alpha value is -3.28. The zero-order valence-corrected chi connectivity index (χ0v) is 20.2. The van der Waals surface area contributed by atoms with Crippen molar-refractivity contribution in [1.29, 1.82) is 0 Å². The molecule has 1 aromatic heterocycles. The fraction of sp³-hybridized carbons (Fsp3) is 0.407. The maximum absolute atomic E-state index is 12.6. The van der Waals surface area contributed by atoms with Crippen molar-refractivity contribution in [2.45, 2.75) is 60.3 Å². The summed E-state index contributed by atoms with van der Waals surface area (Å²) < 4.78 is 22.4. The number of carbonyl (C=O) groups is 1. The number of esters is 1. The lowest BCUT2D eigenvalue weighted by Crippen LogP contribution is -2.14. The molecular formula is C27H34O6.